The van der Waals surface area contributed by atoms with E-state index in [0.717, 1.165) is 12.8 Å². The highest BCUT2D eigenvalue weighted by Crippen LogP contribution is 2.21. The van der Waals surface area contributed by atoms with Gasteiger partial charge in [-0.25, -0.2) is 4.39 Å². The van der Waals surface area contributed by atoms with E-state index in [9.17, 15) is 9.18 Å². The summed E-state index contributed by atoms with van der Waals surface area (Å²) in [4.78, 5) is 11.7. The number of ketones is 1. The zero-order valence-corrected chi connectivity index (χ0v) is 10.8. The van der Waals surface area contributed by atoms with Crippen LogP contribution in [-0.4, -0.2) is 18.4 Å². The van der Waals surface area contributed by atoms with Crippen molar-refractivity contribution in [3.63, 3.8) is 0 Å². The van der Waals surface area contributed by atoms with Crippen molar-refractivity contribution in [2.45, 2.75) is 18.9 Å². The number of benzene rings is 1. The molecule has 86 valence electrons. The molecule has 1 fully saturated rings. The van der Waals surface area contributed by atoms with Crippen molar-refractivity contribution < 1.29 is 9.18 Å². The highest BCUT2D eigenvalue weighted by atomic mass is 127. The lowest BCUT2D eigenvalue weighted by Gasteiger charge is -2.05. The Labute approximate surface area is 107 Å². The summed E-state index contributed by atoms with van der Waals surface area (Å²) in [6, 6.07) is 3.30. The Balaban J connectivity index is 2.09. The monoisotopic (exact) mass is 334 g/mol. The average molecular weight is 334 g/mol. The van der Waals surface area contributed by atoms with Crippen LogP contribution in [0, 0.1) is 9.39 Å². The molecule has 0 aliphatic heterocycles. The number of hydrogen-bond donors (Lipinski definition) is 2. The summed E-state index contributed by atoms with van der Waals surface area (Å²) in [7, 11) is 0. The Kier molecular flexibility index (Phi) is 3.44. The van der Waals surface area contributed by atoms with Crippen molar-refractivity contribution >= 4 is 34.1 Å². The van der Waals surface area contributed by atoms with E-state index in [0.29, 0.717) is 15.2 Å². The number of carbonyl (C=O) groups excluding carboxylic acids is 1. The van der Waals surface area contributed by atoms with Crippen molar-refractivity contribution in [1.82, 2.24) is 5.32 Å². The highest BCUT2D eigenvalue weighted by molar-refractivity contribution is 14.1. The molecule has 1 aliphatic carbocycles. The van der Waals surface area contributed by atoms with E-state index in [-0.39, 0.29) is 18.0 Å². The third-order valence-corrected chi connectivity index (χ3v) is 3.42. The summed E-state index contributed by atoms with van der Waals surface area (Å²) in [5.41, 5.74) is 5.96. The first-order valence-corrected chi connectivity index (χ1v) is 6.17. The molecule has 0 amide bonds. The standard InChI is InChI=1S/C11H12FIN2O/c12-8-3-6(4-9(13)11(8)14)10(16)5-15-7-1-2-7/h3-4,7,15H,1-2,5,14H2. The molecule has 3 N–H and O–H groups in total. The van der Waals surface area contributed by atoms with Gasteiger partial charge in [-0.15, -0.1) is 0 Å². The minimum Gasteiger partial charge on any atom is -0.395 e. The normalized spacial score (nSPS) is 15.1. The molecule has 5 heteroatoms. The summed E-state index contributed by atoms with van der Waals surface area (Å²) < 4.78 is 13.9. The first-order valence-electron chi connectivity index (χ1n) is 5.09. The van der Waals surface area contributed by atoms with Gasteiger partial charge in [0.25, 0.3) is 0 Å². The highest BCUT2D eigenvalue weighted by Gasteiger charge is 2.21. The van der Waals surface area contributed by atoms with Gasteiger partial charge in [-0.1, -0.05) is 0 Å². The van der Waals surface area contributed by atoms with Gasteiger partial charge in [-0.2, -0.15) is 0 Å². The number of nitrogen functional groups attached to an aromatic ring is 1. The molecule has 0 atom stereocenters. The molecule has 0 heterocycles. The molecule has 0 radical (unpaired) electrons. The second-order valence-electron chi connectivity index (χ2n) is 3.93. The quantitative estimate of drug-likeness (QED) is 0.503. The number of nitrogens with one attached hydrogen (secondary N) is 1. The minimum atomic E-state index is -0.526. The fourth-order valence-corrected chi connectivity index (χ4v) is 1.96. The van der Waals surface area contributed by atoms with E-state index in [1.807, 2.05) is 22.6 Å². The maximum atomic E-state index is 13.3. The van der Waals surface area contributed by atoms with Gasteiger partial charge in [-0.05, 0) is 47.6 Å². The van der Waals surface area contributed by atoms with Crippen LogP contribution in [0.5, 0.6) is 0 Å². The first kappa shape index (κ1) is 11.8. The molecule has 1 aromatic rings. The van der Waals surface area contributed by atoms with Crippen LogP contribution in [0.25, 0.3) is 0 Å². The molecule has 3 nitrogen and oxygen atoms in total. The van der Waals surface area contributed by atoms with Gasteiger partial charge in [0.15, 0.2) is 5.78 Å². The summed E-state index contributed by atoms with van der Waals surface area (Å²) in [5, 5.41) is 3.10. The largest absolute Gasteiger partial charge is 0.395 e. The van der Waals surface area contributed by atoms with Gasteiger partial charge in [0.1, 0.15) is 5.82 Å². The van der Waals surface area contributed by atoms with Gasteiger partial charge >= 0.3 is 0 Å². The number of anilines is 1. The number of carbonyl (C=O) groups is 1. The zero-order valence-electron chi connectivity index (χ0n) is 8.59. The van der Waals surface area contributed by atoms with E-state index < -0.39 is 5.82 Å². The first-order chi connectivity index (χ1) is 7.58. The Bertz CT molecular complexity index is 409. The van der Waals surface area contributed by atoms with Crippen LogP contribution >= 0.6 is 22.6 Å². The molecule has 0 spiro atoms. The molecular formula is C11H12FIN2O. The van der Waals surface area contributed by atoms with E-state index in [4.69, 9.17) is 5.73 Å². The van der Waals surface area contributed by atoms with Gasteiger partial charge in [0.05, 0.1) is 12.2 Å². The third kappa shape index (κ3) is 2.70. The average Bonchev–Trinajstić information content (AvgIpc) is 3.05. The Hall–Kier alpha value is -0.690. The molecule has 0 saturated heterocycles. The molecule has 0 bridgehead atoms. The SMILES string of the molecule is Nc1c(F)cc(C(=O)CNC2CC2)cc1I. The van der Waals surface area contributed by atoms with Gasteiger partial charge in [-0.3, -0.25) is 4.79 Å². The number of halogens is 2. The smallest absolute Gasteiger partial charge is 0.176 e. The predicted molar refractivity (Wildman–Crippen MR) is 68.9 cm³/mol. The van der Waals surface area contributed by atoms with Crippen LogP contribution in [-0.2, 0) is 0 Å². The van der Waals surface area contributed by atoms with Crippen molar-refractivity contribution in [2.75, 3.05) is 12.3 Å². The number of hydrogen-bond acceptors (Lipinski definition) is 3. The fourth-order valence-electron chi connectivity index (χ4n) is 1.37. The Morgan fingerprint density at radius 2 is 2.25 bits per heavy atom. The molecule has 1 aliphatic rings. The molecule has 16 heavy (non-hydrogen) atoms. The topological polar surface area (TPSA) is 55.1 Å². The van der Waals surface area contributed by atoms with Crippen LogP contribution in [0.1, 0.15) is 23.2 Å². The van der Waals surface area contributed by atoms with E-state index in [2.05, 4.69) is 5.32 Å². The lowest BCUT2D eigenvalue weighted by molar-refractivity contribution is 0.0990. The van der Waals surface area contributed by atoms with Crippen LogP contribution in [0.4, 0.5) is 10.1 Å². The lowest BCUT2D eigenvalue weighted by atomic mass is 10.1. The van der Waals surface area contributed by atoms with Crippen LogP contribution in [0.3, 0.4) is 0 Å². The second-order valence-corrected chi connectivity index (χ2v) is 5.09. The summed E-state index contributed by atoms with van der Waals surface area (Å²) in [6.45, 7) is 0.268. The minimum absolute atomic E-state index is 0.0938. The third-order valence-electron chi connectivity index (χ3n) is 2.53. The Morgan fingerprint density at radius 3 is 2.81 bits per heavy atom. The van der Waals surface area contributed by atoms with Crippen LogP contribution in [0.2, 0.25) is 0 Å². The fraction of sp³-hybridized carbons (Fsp3) is 0.364. The number of nitrogens with two attached hydrogens (primary N) is 1. The molecule has 0 aromatic heterocycles. The summed E-state index contributed by atoms with van der Waals surface area (Å²) >= 11 is 1.93. The van der Waals surface area contributed by atoms with E-state index >= 15 is 0 Å². The van der Waals surface area contributed by atoms with Gasteiger partial charge in [0.2, 0.25) is 0 Å². The van der Waals surface area contributed by atoms with Crippen molar-refractivity contribution in [3.05, 3.63) is 27.1 Å². The summed E-state index contributed by atoms with van der Waals surface area (Å²) in [5.74, 6) is -0.620. The molecule has 1 aromatic carbocycles. The second kappa shape index (κ2) is 4.67. The van der Waals surface area contributed by atoms with Crippen molar-refractivity contribution in [2.24, 2.45) is 0 Å². The lowest BCUT2D eigenvalue weighted by Crippen LogP contribution is -2.25. The molecule has 0 unspecified atom stereocenters. The van der Waals surface area contributed by atoms with Crippen molar-refractivity contribution in [3.8, 4) is 0 Å². The van der Waals surface area contributed by atoms with Gasteiger partial charge < -0.3 is 11.1 Å². The maximum Gasteiger partial charge on any atom is 0.176 e. The van der Waals surface area contributed by atoms with Crippen LogP contribution < -0.4 is 11.1 Å². The van der Waals surface area contributed by atoms with Gasteiger partial charge in [0, 0.05) is 15.2 Å². The van der Waals surface area contributed by atoms with Crippen LogP contribution in [0.15, 0.2) is 12.1 Å². The van der Waals surface area contributed by atoms with E-state index in [1.165, 1.54) is 6.07 Å². The number of rotatable bonds is 4. The summed E-state index contributed by atoms with van der Waals surface area (Å²) in [6.07, 6.45) is 2.25. The number of Topliss-reactive ketones (excluding diaryl/α,β-unsaturated/α-hetero) is 1. The zero-order chi connectivity index (χ0) is 11.7. The molecule has 1 saturated carbocycles. The Morgan fingerprint density at radius 1 is 1.56 bits per heavy atom. The van der Waals surface area contributed by atoms with E-state index in [1.54, 1.807) is 6.07 Å². The predicted octanol–water partition coefficient (Wildman–Crippen LogP) is 1.95. The molecular weight excluding hydrogens is 322 g/mol. The van der Waals surface area contributed by atoms with Crippen molar-refractivity contribution in [1.29, 1.82) is 0 Å². The maximum absolute atomic E-state index is 13.3. The molecule has 2 rings (SSSR count).